The zero-order valence-electron chi connectivity index (χ0n) is 9.65. The van der Waals surface area contributed by atoms with Crippen LogP contribution in [0.4, 0.5) is 0 Å². The molecule has 2 heteroatoms. The Morgan fingerprint density at radius 2 is 1.94 bits per heavy atom. The topological polar surface area (TPSA) is 20.3 Å². The summed E-state index contributed by atoms with van der Waals surface area (Å²) in [5.74, 6) is 0.265. The maximum Gasteiger partial charge on any atom is 0.157 e. The summed E-state index contributed by atoms with van der Waals surface area (Å²) < 4.78 is 0. The van der Waals surface area contributed by atoms with Crippen LogP contribution in [0.15, 0.2) is 42.1 Å². The number of hydrogen-bond acceptors (Lipinski definition) is 2. The van der Waals surface area contributed by atoms with E-state index in [1.807, 2.05) is 6.07 Å². The zero-order chi connectivity index (χ0) is 11.4. The van der Waals surface area contributed by atoms with Crippen LogP contribution in [0.3, 0.4) is 0 Å². The molecule has 2 rings (SSSR count). The molecule has 0 fully saturated rings. The Labute approximate surface area is 96.6 Å². The lowest BCUT2D eigenvalue weighted by Crippen LogP contribution is -2.19. The lowest BCUT2D eigenvalue weighted by atomic mass is 10.1. The molecule has 0 spiro atoms. The molecule has 1 aliphatic carbocycles. The fourth-order valence-corrected chi connectivity index (χ4v) is 1.97. The number of carbonyl (C=O) groups excluding carboxylic acids is 1. The molecule has 1 aromatic rings. The van der Waals surface area contributed by atoms with Gasteiger partial charge in [0.05, 0.1) is 0 Å². The van der Waals surface area contributed by atoms with Gasteiger partial charge in [0.25, 0.3) is 0 Å². The van der Waals surface area contributed by atoms with Gasteiger partial charge in [0.2, 0.25) is 0 Å². The Balaban J connectivity index is 1.87. The quantitative estimate of drug-likeness (QED) is 0.768. The third-order valence-electron chi connectivity index (χ3n) is 3.02. The Hall–Kier alpha value is -1.57. The highest BCUT2D eigenvalue weighted by Crippen LogP contribution is 2.18. The van der Waals surface area contributed by atoms with Crippen molar-refractivity contribution in [1.29, 1.82) is 0 Å². The summed E-state index contributed by atoms with van der Waals surface area (Å²) in [6, 6.07) is 10.4. The maximum atomic E-state index is 11.1. The smallest absolute Gasteiger partial charge is 0.157 e. The average Bonchev–Trinajstić information content (AvgIpc) is 2.74. The maximum absolute atomic E-state index is 11.1. The second-order valence-corrected chi connectivity index (χ2v) is 4.26. The van der Waals surface area contributed by atoms with Crippen molar-refractivity contribution in [2.75, 3.05) is 13.6 Å². The first-order valence-electron chi connectivity index (χ1n) is 5.74. The Morgan fingerprint density at radius 1 is 1.19 bits per heavy atom. The Bertz CT molecular complexity index is 394. The number of hydrogen-bond donors (Lipinski definition) is 0. The SMILES string of the molecule is CN(CCc1ccccc1)C1=CC(=O)CC1. The van der Waals surface area contributed by atoms with E-state index in [0.717, 1.165) is 19.4 Å². The summed E-state index contributed by atoms with van der Waals surface area (Å²) >= 11 is 0. The van der Waals surface area contributed by atoms with E-state index in [0.29, 0.717) is 6.42 Å². The monoisotopic (exact) mass is 215 g/mol. The normalized spacial score (nSPS) is 15.1. The third kappa shape index (κ3) is 2.72. The molecule has 0 unspecified atom stereocenters. The van der Waals surface area contributed by atoms with E-state index in [-0.39, 0.29) is 5.78 Å². The second kappa shape index (κ2) is 4.97. The van der Waals surface area contributed by atoms with Crippen molar-refractivity contribution < 1.29 is 4.79 Å². The highest BCUT2D eigenvalue weighted by Gasteiger charge is 2.14. The number of rotatable bonds is 4. The molecule has 0 saturated heterocycles. The van der Waals surface area contributed by atoms with E-state index in [4.69, 9.17) is 0 Å². The third-order valence-corrected chi connectivity index (χ3v) is 3.02. The van der Waals surface area contributed by atoms with E-state index in [1.165, 1.54) is 11.3 Å². The Kier molecular flexibility index (Phi) is 3.40. The first-order chi connectivity index (χ1) is 7.75. The van der Waals surface area contributed by atoms with E-state index in [1.54, 1.807) is 6.08 Å². The molecule has 0 heterocycles. The summed E-state index contributed by atoms with van der Waals surface area (Å²) in [7, 11) is 2.06. The van der Waals surface area contributed by atoms with Gasteiger partial charge in [-0.2, -0.15) is 0 Å². The summed E-state index contributed by atoms with van der Waals surface area (Å²) in [5, 5.41) is 0. The van der Waals surface area contributed by atoms with Gasteiger partial charge in [0, 0.05) is 31.8 Å². The molecular weight excluding hydrogens is 198 g/mol. The van der Waals surface area contributed by atoms with Gasteiger partial charge in [-0.25, -0.2) is 0 Å². The van der Waals surface area contributed by atoms with Crippen LogP contribution in [-0.2, 0) is 11.2 Å². The molecule has 2 nitrogen and oxygen atoms in total. The van der Waals surface area contributed by atoms with Crippen LogP contribution in [-0.4, -0.2) is 24.3 Å². The lowest BCUT2D eigenvalue weighted by Gasteiger charge is -2.20. The van der Waals surface area contributed by atoms with Crippen molar-refractivity contribution >= 4 is 5.78 Å². The molecule has 0 saturated carbocycles. The molecule has 84 valence electrons. The first kappa shape index (κ1) is 10.9. The van der Waals surface area contributed by atoms with Crippen molar-refractivity contribution in [2.24, 2.45) is 0 Å². The molecule has 0 radical (unpaired) electrons. The molecule has 16 heavy (non-hydrogen) atoms. The summed E-state index contributed by atoms with van der Waals surface area (Å²) in [6.07, 6.45) is 4.41. The van der Waals surface area contributed by atoms with Gasteiger partial charge in [0.15, 0.2) is 5.78 Å². The highest BCUT2D eigenvalue weighted by molar-refractivity contribution is 5.92. The molecule has 0 amide bonds. The molecule has 0 N–H and O–H groups in total. The fourth-order valence-electron chi connectivity index (χ4n) is 1.97. The molecule has 1 aromatic carbocycles. The largest absolute Gasteiger partial charge is 0.377 e. The summed E-state index contributed by atoms with van der Waals surface area (Å²) in [4.78, 5) is 13.3. The molecule has 0 bridgehead atoms. The number of allylic oxidation sites excluding steroid dienone is 2. The van der Waals surface area contributed by atoms with Crippen molar-refractivity contribution in [3.63, 3.8) is 0 Å². The van der Waals surface area contributed by atoms with Crippen LogP contribution < -0.4 is 0 Å². The number of nitrogens with zero attached hydrogens (tertiary/aromatic N) is 1. The number of likely N-dealkylation sites (N-methyl/N-ethyl adjacent to an activating group) is 1. The summed E-state index contributed by atoms with van der Waals surface area (Å²) in [6.45, 7) is 0.975. The second-order valence-electron chi connectivity index (χ2n) is 4.26. The Morgan fingerprint density at radius 3 is 2.56 bits per heavy atom. The van der Waals surface area contributed by atoms with Crippen LogP contribution >= 0.6 is 0 Å². The van der Waals surface area contributed by atoms with Crippen molar-refractivity contribution in [2.45, 2.75) is 19.3 Å². The fraction of sp³-hybridized carbons (Fsp3) is 0.357. The van der Waals surface area contributed by atoms with Crippen molar-refractivity contribution in [3.8, 4) is 0 Å². The molecule has 0 aliphatic heterocycles. The molecular formula is C14H17NO. The van der Waals surface area contributed by atoms with Crippen LogP contribution in [0, 0.1) is 0 Å². The van der Waals surface area contributed by atoms with Gasteiger partial charge < -0.3 is 4.90 Å². The zero-order valence-corrected chi connectivity index (χ0v) is 9.65. The average molecular weight is 215 g/mol. The molecule has 0 aromatic heterocycles. The van der Waals surface area contributed by atoms with Gasteiger partial charge in [-0.15, -0.1) is 0 Å². The number of ketones is 1. The number of carbonyl (C=O) groups is 1. The number of benzene rings is 1. The standard InChI is InChI=1S/C14H17NO/c1-15(13-7-8-14(16)11-13)10-9-12-5-3-2-4-6-12/h2-6,11H,7-10H2,1H3. The van der Waals surface area contributed by atoms with E-state index >= 15 is 0 Å². The van der Waals surface area contributed by atoms with E-state index in [2.05, 4.69) is 36.2 Å². The van der Waals surface area contributed by atoms with Gasteiger partial charge in [-0.1, -0.05) is 30.3 Å². The minimum Gasteiger partial charge on any atom is -0.377 e. The van der Waals surface area contributed by atoms with Gasteiger partial charge >= 0.3 is 0 Å². The van der Waals surface area contributed by atoms with E-state index in [9.17, 15) is 4.79 Å². The van der Waals surface area contributed by atoms with Crippen molar-refractivity contribution in [1.82, 2.24) is 4.90 Å². The van der Waals surface area contributed by atoms with Crippen LogP contribution in [0.2, 0.25) is 0 Å². The minimum absolute atomic E-state index is 0.265. The molecule has 0 atom stereocenters. The molecule has 1 aliphatic rings. The van der Waals surface area contributed by atoms with Crippen LogP contribution in [0.1, 0.15) is 18.4 Å². The van der Waals surface area contributed by atoms with Gasteiger partial charge in [-0.05, 0) is 18.4 Å². The lowest BCUT2D eigenvalue weighted by molar-refractivity contribution is -0.114. The van der Waals surface area contributed by atoms with E-state index < -0.39 is 0 Å². The minimum atomic E-state index is 0.265. The van der Waals surface area contributed by atoms with Crippen LogP contribution in [0.25, 0.3) is 0 Å². The van der Waals surface area contributed by atoms with Crippen molar-refractivity contribution in [3.05, 3.63) is 47.7 Å². The highest BCUT2D eigenvalue weighted by atomic mass is 16.1. The van der Waals surface area contributed by atoms with Crippen LogP contribution in [0.5, 0.6) is 0 Å². The van der Waals surface area contributed by atoms with Gasteiger partial charge in [-0.3, -0.25) is 4.79 Å². The van der Waals surface area contributed by atoms with Gasteiger partial charge in [0.1, 0.15) is 0 Å². The summed E-state index contributed by atoms with van der Waals surface area (Å²) in [5.41, 5.74) is 2.53. The predicted molar refractivity (Wildman–Crippen MR) is 65.1 cm³/mol. The predicted octanol–water partition coefficient (Wildman–Crippen LogP) is 2.41. The first-order valence-corrected chi connectivity index (χ1v) is 5.74.